The fourth-order valence-corrected chi connectivity index (χ4v) is 5.32. The first kappa shape index (κ1) is 18.9. The van der Waals surface area contributed by atoms with Crippen LogP contribution in [0.2, 0.25) is 0 Å². The Labute approximate surface area is 205 Å². The van der Waals surface area contributed by atoms with E-state index in [4.69, 9.17) is 8.85 Å². The van der Waals surface area contributed by atoms with Crippen LogP contribution in [0.15, 0.2) is 36.7 Å². The summed E-state index contributed by atoms with van der Waals surface area (Å²) < 4.78 is 56.1. The molecule has 1 aliphatic carbocycles. The number of aromatic hydroxyl groups is 1. The van der Waals surface area contributed by atoms with Gasteiger partial charge < -0.3 is 20.1 Å². The Hall–Kier alpha value is -3.40. The topological polar surface area (TPSA) is 96.3 Å². The fourth-order valence-electron chi connectivity index (χ4n) is 5.32. The van der Waals surface area contributed by atoms with Gasteiger partial charge in [-0.05, 0) is 49.8 Å². The highest BCUT2D eigenvalue weighted by Crippen LogP contribution is 2.40. The maximum atomic E-state index is 15.3. The Morgan fingerprint density at radius 1 is 1.11 bits per heavy atom. The molecule has 2 bridgehead atoms. The molecule has 0 unspecified atom stereocenters. The van der Waals surface area contributed by atoms with Crippen molar-refractivity contribution in [1.82, 2.24) is 25.5 Å². The lowest BCUT2D eigenvalue weighted by molar-refractivity contribution is 0.171. The Morgan fingerprint density at radius 2 is 2.00 bits per heavy atom. The molecular weight excluding hydrogens is 454 g/mol. The highest BCUT2D eigenvalue weighted by Gasteiger charge is 2.48. The molecule has 6 rings (SSSR count). The Morgan fingerprint density at radius 3 is 2.74 bits per heavy atom. The highest BCUT2D eigenvalue weighted by molar-refractivity contribution is 5.73. The van der Waals surface area contributed by atoms with Crippen LogP contribution in [0.25, 0.3) is 22.5 Å². The van der Waals surface area contributed by atoms with Crippen molar-refractivity contribution in [3.63, 3.8) is 0 Å². The maximum absolute atomic E-state index is 15.3. The van der Waals surface area contributed by atoms with Crippen LogP contribution in [-0.4, -0.2) is 62.6 Å². The van der Waals surface area contributed by atoms with Crippen LogP contribution >= 0.6 is 0 Å². The molecule has 1 saturated carbocycles. The highest BCUT2D eigenvalue weighted by atomic mass is 19.1. The van der Waals surface area contributed by atoms with Crippen molar-refractivity contribution in [2.24, 2.45) is 0 Å². The first-order valence-corrected chi connectivity index (χ1v) is 11.7. The molecule has 3 fully saturated rings. The molecule has 1 aromatic carbocycles. The number of phenolic OH excluding ortho intramolecular Hbond substituents is 1. The number of aromatic nitrogens is 4. The lowest BCUT2D eigenvalue weighted by Crippen LogP contribution is -2.57. The lowest BCUT2D eigenvalue weighted by Gasteiger charge is -2.40. The summed E-state index contributed by atoms with van der Waals surface area (Å²) in [5.74, 6) is -0.524. The Balaban J connectivity index is 1.25. The third-order valence-corrected chi connectivity index (χ3v) is 7.15. The van der Waals surface area contributed by atoms with Gasteiger partial charge in [0.15, 0.2) is 11.6 Å². The number of methoxy groups -OCH3 is 1. The number of alkyl halides is 1. The molecule has 4 heterocycles. The third kappa shape index (κ3) is 4.05. The van der Waals surface area contributed by atoms with Gasteiger partial charge in [0.1, 0.15) is 17.7 Å². The summed E-state index contributed by atoms with van der Waals surface area (Å²) in [7, 11) is -2.74. The number of anilines is 1. The summed E-state index contributed by atoms with van der Waals surface area (Å²) >= 11 is 0. The van der Waals surface area contributed by atoms with Gasteiger partial charge in [-0.1, -0.05) is 6.07 Å². The zero-order valence-corrected chi connectivity index (χ0v) is 18.7. The number of halogens is 2. The van der Waals surface area contributed by atoms with E-state index in [0.717, 1.165) is 37.9 Å². The SMILES string of the molecule is [2H]C([2H])([2H])Oc1cc(-c2ccc(-c3ncc(N(C4CC4)[C@H]4C[C@@H]5CC[C@H](N5)[C@H]4F)nn3)c(O)c2)c(F)cn1. The van der Waals surface area contributed by atoms with Crippen LogP contribution < -0.4 is 15.0 Å². The van der Waals surface area contributed by atoms with Crippen molar-refractivity contribution in [3.05, 3.63) is 42.5 Å². The number of fused-ring (bicyclic) bond motifs is 2. The molecule has 3 aliphatic rings. The van der Waals surface area contributed by atoms with Crippen LogP contribution in [0.3, 0.4) is 0 Å². The number of benzene rings is 1. The van der Waals surface area contributed by atoms with Crippen LogP contribution in [0.5, 0.6) is 11.6 Å². The quantitative estimate of drug-likeness (QED) is 0.549. The second-order valence-corrected chi connectivity index (χ2v) is 9.41. The minimum Gasteiger partial charge on any atom is -0.507 e. The molecule has 0 spiro atoms. The average Bonchev–Trinajstić information content (AvgIpc) is 3.62. The molecule has 2 aliphatic heterocycles. The second kappa shape index (κ2) is 8.67. The van der Waals surface area contributed by atoms with E-state index in [1.165, 1.54) is 12.1 Å². The summed E-state index contributed by atoms with van der Waals surface area (Å²) in [6.07, 6.45) is 5.91. The van der Waals surface area contributed by atoms with E-state index < -0.39 is 19.0 Å². The monoisotopic (exact) mass is 483 g/mol. The van der Waals surface area contributed by atoms with E-state index in [0.29, 0.717) is 18.3 Å². The molecule has 10 heteroatoms. The lowest BCUT2D eigenvalue weighted by atomic mass is 9.96. The molecule has 4 atom stereocenters. The van der Waals surface area contributed by atoms with E-state index in [9.17, 15) is 9.50 Å². The number of hydrogen-bond donors (Lipinski definition) is 2. The van der Waals surface area contributed by atoms with Gasteiger partial charge in [0.05, 0.1) is 35.1 Å². The summed E-state index contributed by atoms with van der Waals surface area (Å²) in [4.78, 5) is 10.1. The van der Waals surface area contributed by atoms with Gasteiger partial charge in [-0.25, -0.2) is 18.7 Å². The number of phenols is 1. The van der Waals surface area contributed by atoms with Crippen LogP contribution in [0, 0.1) is 5.82 Å². The Kier molecular flexibility index (Phi) is 4.68. The standard InChI is InChI=1S/C25H26F2N6O2/c1-35-23-10-17(18(26)11-28-23)13-2-6-16(21(34)8-13)25-29-12-22(31-32-25)33(15-4-5-15)20-9-14-3-7-19(30-14)24(20)27/h2,6,8,10-12,14-15,19-20,24,30,34H,3-5,7,9H2,1H3/t14-,19-,20-,24+/m0/s1/i1D3. The van der Waals surface area contributed by atoms with E-state index in [2.05, 4.69) is 25.5 Å². The molecule has 2 N–H and O–H groups in total. The van der Waals surface area contributed by atoms with Gasteiger partial charge in [-0.3, -0.25) is 0 Å². The van der Waals surface area contributed by atoms with E-state index in [1.807, 2.05) is 4.90 Å². The summed E-state index contributed by atoms with van der Waals surface area (Å²) in [5.41, 5.74) is 0.565. The van der Waals surface area contributed by atoms with Gasteiger partial charge in [0, 0.05) is 29.8 Å². The van der Waals surface area contributed by atoms with E-state index in [-0.39, 0.29) is 52.3 Å². The molecular formula is C25H26F2N6O2. The van der Waals surface area contributed by atoms with Crippen molar-refractivity contribution < 1.29 is 22.7 Å². The van der Waals surface area contributed by atoms with Crippen LogP contribution in [0.4, 0.5) is 14.6 Å². The maximum Gasteiger partial charge on any atom is 0.213 e. The average molecular weight is 484 g/mol. The van der Waals surface area contributed by atoms with Gasteiger partial charge in [0.25, 0.3) is 0 Å². The van der Waals surface area contributed by atoms with E-state index in [1.54, 1.807) is 12.3 Å². The predicted molar refractivity (Wildman–Crippen MR) is 125 cm³/mol. The molecule has 8 nitrogen and oxygen atoms in total. The van der Waals surface area contributed by atoms with Crippen molar-refractivity contribution in [1.29, 1.82) is 0 Å². The number of ether oxygens (including phenoxy) is 1. The predicted octanol–water partition coefficient (Wildman–Crippen LogP) is 3.65. The van der Waals surface area contributed by atoms with Gasteiger partial charge in [-0.15, -0.1) is 10.2 Å². The van der Waals surface area contributed by atoms with Gasteiger partial charge in [-0.2, -0.15) is 0 Å². The molecule has 35 heavy (non-hydrogen) atoms. The third-order valence-electron chi connectivity index (χ3n) is 7.15. The Bertz CT molecular complexity index is 1340. The minimum absolute atomic E-state index is 0.00674. The number of nitrogens with zero attached hydrogens (tertiary/aromatic N) is 5. The zero-order chi connectivity index (χ0) is 26.6. The zero-order valence-electron chi connectivity index (χ0n) is 21.7. The second-order valence-electron chi connectivity index (χ2n) is 9.41. The van der Waals surface area contributed by atoms with Crippen molar-refractivity contribution >= 4 is 5.82 Å². The van der Waals surface area contributed by atoms with Gasteiger partial charge in [0.2, 0.25) is 5.88 Å². The molecule has 2 saturated heterocycles. The minimum atomic E-state index is -2.74. The van der Waals surface area contributed by atoms with E-state index >= 15 is 4.39 Å². The first-order valence-electron chi connectivity index (χ1n) is 13.2. The normalized spacial score (nSPS) is 27.1. The number of nitrogens with one attached hydrogen (secondary N) is 1. The van der Waals surface area contributed by atoms with Crippen molar-refractivity contribution in [2.75, 3.05) is 11.9 Å². The van der Waals surface area contributed by atoms with Crippen molar-refractivity contribution in [2.45, 2.75) is 62.4 Å². The first-order chi connectivity index (χ1) is 18.2. The largest absolute Gasteiger partial charge is 0.507 e. The molecule has 2 aromatic heterocycles. The summed E-state index contributed by atoms with van der Waals surface area (Å²) in [6.45, 7) is 0. The molecule has 3 aromatic rings. The smallest absolute Gasteiger partial charge is 0.213 e. The van der Waals surface area contributed by atoms with Crippen molar-refractivity contribution in [3.8, 4) is 34.1 Å². The summed E-state index contributed by atoms with van der Waals surface area (Å²) in [5, 5.41) is 22.6. The number of pyridine rings is 1. The molecule has 0 radical (unpaired) electrons. The fraction of sp³-hybridized carbons (Fsp3) is 0.440. The summed E-state index contributed by atoms with van der Waals surface area (Å²) in [6, 6.07) is 5.67. The number of rotatable bonds is 6. The number of hydrogen-bond acceptors (Lipinski definition) is 8. The molecule has 182 valence electrons. The number of piperidine rings is 1. The van der Waals surface area contributed by atoms with Gasteiger partial charge >= 0.3 is 0 Å². The van der Waals surface area contributed by atoms with Crippen LogP contribution in [-0.2, 0) is 0 Å². The van der Waals surface area contributed by atoms with Crippen LogP contribution in [0.1, 0.15) is 36.2 Å². The molecule has 0 amide bonds.